The minimum atomic E-state index is -0.294. The van der Waals surface area contributed by atoms with E-state index >= 15 is 0 Å². The van der Waals surface area contributed by atoms with Gasteiger partial charge in [-0.3, -0.25) is 19.3 Å². The predicted molar refractivity (Wildman–Crippen MR) is 125 cm³/mol. The van der Waals surface area contributed by atoms with Crippen molar-refractivity contribution in [3.8, 4) is 0 Å². The molecule has 1 aliphatic heterocycles. The van der Waals surface area contributed by atoms with Crippen molar-refractivity contribution in [2.24, 2.45) is 10.2 Å². The number of hydrogen-bond donors (Lipinski definition) is 1. The summed E-state index contributed by atoms with van der Waals surface area (Å²) in [5, 5.41) is 11.4. The Kier molecular flexibility index (Phi) is 7.35. The van der Waals surface area contributed by atoms with E-state index in [-0.39, 0.29) is 17.7 Å². The molecule has 0 spiro atoms. The van der Waals surface area contributed by atoms with Crippen molar-refractivity contribution in [1.29, 1.82) is 0 Å². The van der Waals surface area contributed by atoms with Crippen LogP contribution in [0.2, 0.25) is 0 Å². The number of benzene rings is 2. The van der Waals surface area contributed by atoms with Crippen molar-refractivity contribution in [2.45, 2.75) is 40.5 Å². The van der Waals surface area contributed by atoms with Gasteiger partial charge in [0, 0.05) is 32.2 Å². The van der Waals surface area contributed by atoms with Crippen molar-refractivity contribution >= 4 is 40.5 Å². The highest BCUT2D eigenvalue weighted by molar-refractivity contribution is 6.21. The lowest BCUT2D eigenvalue weighted by Gasteiger charge is -2.22. The van der Waals surface area contributed by atoms with Crippen LogP contribution in [0.5, 0.6) is 0 Å². The van der Waals surface area contributed by atoms with E-state index in [1.54, 1.807) is 24.3 Å². The maximum absolute atomic E-state index is 12.7. The van der Waals surface area contributed by atoms with Gasteiger partial charge < -0.3 is 10.2 Å². The number of nitrogens with one attached hydrogen (secondary N) is 1. The van der Waals surface area contributed by atoms with E-state index in [9.17, 15) is 14.4 Å². The van der Waals surface area contributed by atoms with E-state index in [0.717, 1.165) is 31.6 Å². The molecule has 0 saturated carbocycles. The van der Waals surface area contributed by atoms with Gasteiger partial charge in [-0.25, -0.2) is 0 Å². The van der Waals surface area contributed by atoms with Crippen LogP contribution in [0.4, 0.5) is 22.7 Å². The molecule has 0 bridgehead atoms. The summed E-state index contributed by atoms with van der Waals surface area (Å²) in [5.74, 6) is -0.758. The van der Waals surface area contributed by atoms with E-state index in [2.05, 4.69) is 34.3 Å². The van der Waals surface area contributed by atoms with Crippen LogP contribution in [0.25, 0.3) is 0 Å². The summed E-state index contributed by atoms with van der Waals surface area (Å²) in [6.07, 6.45) is 1.67. The molecule has 0 fully saturated rings. The standard InChI is InChI=1S/C24H29N5O3/c1-5-8-13-29-23(31)19-11-9-17(14-20(19)24(29)32)26-27-21-12-10-18(28(6-2)7-3)15-22(21)25-16(4)30/h9-12,14-15H,5-8,13H2,1-4H3,(H,25,30). The van der Waals surface area contributed by atoms with Crippen molar-refractivity contribution < 1.29 is 14.4 Å². The fraction of sp³-hybridized carbons (Fsp3) is 0.375. The molecule has 1 aliphatic rings. The molecule has 0 radical (unpaired) electrons. The monoisotopic (exact) mass is 435 g/mol. The summed E-state index contributed by atoms with van der Waals surface area (Å²) in [6, 6.07) is 10.5. The summed E-state index contributed by atoms with van der Waals surface area (Å²) in [7, 11) is 0. The second-order valence-corrected chi connectivity index (χ2v) is 7.60. The first-order chi connectivity index (χ1) is 15.4. The van der Waals surface area contributed by atoms with E-state index in [4.69, 9.17) is 0 Å². The minimum Gasteiger partial charge on any atom is -0.372 e. The second-order valence-electron chi connectivity index (χ2n) is 7.60. The number of fused-ring (bicyclic) bond motifs is 1. The number of unbranched alkanes of at least 4 members (excludes halogenated alkanes) is 1. The average Bonchev–Trinajstić information content (AvgIpc) is 3.01. The molecule has 8 heteroatoms. The number of azo groups is 1. The molecule has 1 heterocycles. The molecule has 0 aliphatic carbocycles. The predicted octanol–water partition coefficient (Wildman–Crippen LogP) is 5.30. The molecule has 0 aromatic heterocycles. The fourth-order valence-corrected chi connectivity index (χ4v) is 3.66. The maximum atomic E-state index is 12.7. The molecule has 32 heavy (non-hydrogen) atoms. The Morgan fingerprint density at radius 1 is 0.969 bits per heavy atom. The number of carbonyl (C=O) groups is 3. The number of hydrogen-bond acceptors (Lipinski definition) is 6. The molecule has 8 nitrogen and oxygen atoms in total. The fourth-order valence-electron chi connectivity index (χ4n) is 3.66. The third kappa shape index (κ3) is 4.85. The van der Waals surface area contributed by atoms with Gasteiger partial charge in [-0.15, -0.1) is 5.11 Å². The van der Waals surface area contributed by atoms with Crippen molar-refractivity contribution in [3.05, 3.63) is 47.5 Å². The van der Waals surface area contributed by atoms with Crippen molar-refractivity contribution in [3.63, 3.8) is 0 Å². The number of carbonyl (C=O) groups excluding carboxylic acids is 3. The number of nitrogens with zero attached hydrogens (tertiary/aromatic N) is 4. The Hall–Kier alpha value is -3.55. The van der Waals surface area contributed by atoms with Crippen LogP contribution < -0.4 is 10.2 Å². The largest absolute Gasteiger partial charge is 0.372 e. The molecular formula is C24H29N5O3. The van der Waals surface area contributed by atoms with Gasteiger partial charge in [0.25, 0.3) is 11.8 Å². The van der Waals surface area contributed by atoms with Gasteiger partial charge >= 0.3 is 0 Å². The SMILES string of the molecule is CCCCN1C(=O)c2ccc(N=Nc3ccc(N(CC)CC)cc3NC(C)=O)cc2C1=O. The van der Waals surface area contributed by atoms with E-state index in [1.807, 2.05) is 19.1 Å². The number of anilines is 2. The molecule has 2 aromatic carbocycles. The smallest absolute Gasteiger partial charge is 0.261 e. The molecule has 168 valence electrons. The lowest BCUT2D eigenvalue weighted by molar-refractivity contribution is -0.114. The number of imide groups is 1. The minimum absolute atomic E-state index is 0.202. The molecular weight excluding hydrogens is 406 g/mol. The van der Waals surface area contributed by atoms with Gasteiger partial charge in [0.2, 0.25) is 5.91 Å². The lowest BCUT2D eigenvalue weighted by Crippen LogP contribution is -2.30. The Balaban J connectivity index is 1.88. The van der Waals surface area contributed by atoms with Crippen molar-refractivity contribution in [1.82, 2.24) is 4.90 Å². The number of amides is 3. The third-order valence-electron chi connectivity index (χ3n) is 5.38. The molecule has 1 N–H and O–H groups in total. The molecule has 0 unspecified atom stereocenters. The zero-order valence-corrected chi connectivity index (χ0v) is 19.0. The third-order valence-corrected chi connectivity index (χ3v) is 5.38. The normalized spacial score (nSPS) is 13.1. The summed E-state index contributed by atoms with van der Waals surface area (Å²) < 4.78 is 0. The van der Waals surface area contributed by atoms with Gasteiger partial charge in [0.15, 0.2) is 0 Å². The van der Waals surface area contributed by atoms with Crippen LogP contribution in [0.15, 0.2) is 46.6 Å². The number of rotatable bonds is 9. The van der Waals surface area contributed by atoms with Gasteiger partial charge in [-0.1, -0.05) is 13.3 Å². The Labute approximate surface area is 188 Å². The zero-order valence-electron chi connectivity index (χ0n) is 19.0. The van der Waals surface area contributed by atoms with Crippen LogP contribution in [0.1, 0.15) is 61.3 Å². The molecule has 3 rings (SSSR count). The Bertz CT molecular complexity index is 1060. The molecule has 0 atom stereocenters. The highest BCUT2D eigenvalue weighted by Crippen LogP contribution is 2.33. The summed E-state index contributed by atoms with van der Waals surface area (Å²) >= 11 is 0. The van der Waals surface area contributed by atoms with Crippen LogP contribution in [0, 0.1) is 0 Å². The zero-order chi connectivity index (χ0) is 23.3. The van der Waals surface area contributed by atoms with Crippen LogP contribution in [-0.4, -0.2) is 42.3 Å². The lowest BCUT2D eigenvalue weighted by atomic mass is 10.1. The van der Waals surface area contributed by atoms with Crippen LogP contribution in [0.3, 0.4) is 0 Å². The van der Waals surface area contributed by atoms with Crippen molar-refractivity contribution in [2.75, 3.05) is 29.9 Å². The first kappa shape index (κ1) is 23.1. The van der Waals surface area contributed by atoms with Gasteiger partial charge in [0.1, 0.15) is 5.69 Å². The maximum Gasteiger partial charge on any atom is 0.261 e. The van der Waals surface area contributed by atoms with Gasteiger partial charge in [-0.05, 0) is 56.7 Å². The van der Waals surface area contributed by atoms with Gasteiger partial charge in [-0.2, -0.15) is 5.11 Å². The van der Waals surface area contributed by atoms with Crippen LogP contribution in [-0.2, 0) is 4.79 Å². The molecule has 3 amide bonds. The topological polar surface area (TPSA) is 94.4 Å². The Morgan fingerprint density at radius 2 is 1.69 bits per heavy atom. The molecule has 2 aromatic rings. The van der Waals surface area contributed by atoms with E-state index in [0.29, 0.717) is 34.7 Å². The second kappa shape index (κ2) is 10.2. The summed E-state index contributed by atoms with van der Waals surface area (Å²) in [4.78, 5) is 40.3. The highest BCUT2D eigenvalue weighted by Gasteiger charge is 2.35. The average molecular weight is 436 g/mol. The Morgan fingerprint density at radius 3 is 2.34 bits per heavy atom. The van der Waals surface area contributed by atoms with E-state index < -0.39 is 0 Å². The highest BCUT2D eigenvalue weighted by atomic mass is 16.2. The van der Waals surface area contributed by atoms with Gasteiger partial charge in [0.05, 0.1) is 22.5 Å². The first-order valence-electron chi connectivity index (χ1n) is 11.0. The first-order valence-corrected chi connectivity index (χ1v) is 11.0. The van der Waals surface area contributed by atoms with Crippen LogP contribution >= 0.6 is 0 Å². The summed E-state index contributed by atoms with van der Waals surface area (Å²) in [5.41, 5.74) is 3.25. The van der Waals surface area contributed by atoms with E-state index in [1.165, 1.54) is 11.8 Å². The quantitative estimate of drug-likeness (QED) is 0.427. The molecule has 0 saturated heterocycles. The summed E-state index contributed by atoms with van der Waals surface area (Å²) in [6.45, 7) is 9.69.